The van der Waals surface area contributed by atoms with Gasteiger partial charge in [-0.2, -0.15) is 0 Å². The lowest BCUT2D eigenvalue weighted by Gasteiger charge is -2.26. The summed E-state index contributed by atoms with van der Waals surface area (Å²) in [6.07, 6.45) is 0. The van der Waals surface area contributed by atoms with E-state index in [1.54, 1.807) is 12.1 Å². The number of hydrogen-bond acceptors (Lipinski definition) is 2. The molecule has 2 aliphatic rings. The lowest BCUT2D eigenvalue weighted by atomic mass is 9.83. The molecule has 138 valence electrons. The first-order chi connectivity index (χ1) is 13.6. The number of fused-ring (bicyclic) bond motifs is 1. The van der Waals surface area contributed by atoms with E-state index in [1.807, 2.05) is 72.8 Å². The van der Waals surface area contributed by atoms with Gasteiger partial charge in [0.1, 0.15) is 0 Å². The summed E-state index contributed by atoms with van der Waals surface area (Å²) in [6.45, 7) is 0.269. The largest absolute Gasteiger partial charge is 0.278 e. The lowest BCUT2D eigenvalue weighted by Crippen LogP contribution is -2.38. The normalized spacial score (nSPS) is 22.2. The number of imide groups is 1. The van der Waals surface area contributed by atoms with Crippen LogP contribution in [0.15, 0.2) is 84.9 Å². The molecule has 1 heterocycles. The van der Waals surface area contributed by atoms with Crippen molar-refractivity contribution in [2.24, 2.45) is 11.8 Å². The van der Waals surface area contributed by atoms with Crippen LogP contribution in [-0.4, -0.2) is 16.7 Å². The van der Waals surface area contributed by atoms with Crippen molar-refractivity contribution in [3.05, 3.63) is 107 Å². The summed E-state index contributed by atoms with van der Waals surface area (Å²) in [5, 5.41) is 0.602. The highest BCUT2D eigenvalue weighted by molar-refractivity contribution is 6.30. The molecule has 3 aromatic carbocycles. The minimum atomic E-state index is -0.554. The molecule has 0 spiro atoms. The number of likely N-dealkylation sites (tertiary alicyclic amines) is 1. The van der Waals surface area contributed by atoms with Crippen molar-refractivity contribution in [1.29, 1.82) is 0 Å². The summed E-state index contributed by atoms with van der Waals surface area (Å²) in [5.41, 5.74) is 2.36. The second kappa shape index (κ2) is 6.32. The molecular weight excluding hydrogens is 370 g/mol. The van der Waals surface area contributed by atoms with Crippen molar-refractivity contribution in [2.45, 2.75) is 12.0 Å². The lowest BCUT2D eigenvalue weighted by molar-refractivity contribution is -0.142. The number of carbonyl (C=O) groups excluding carboxylic acids is 2. The van der Waals surface area contributed by atoms with Gasteiger partial charge in [0, 0.05) is 10.4 Å². The number of piperidine rings is 1. The first-order valence-corrected chi connectivity index (χ1v) is 9.72. The van der Waals surface area contributed by atoms with E-state index in [-0.39, 0.29) is 30.2 Å². The molecule has 3 nitrogen and oxygen atoms in total. The van der Waals surface area contributed by atoms with Crippen molar-refractivity contribution < 1.29 is 9.59 Å². The highest BCUT2D eigenvalue weighted by Crippen LogP contribution is 2.68. The Bertz CT molecular complexity index is 1000. The van der Waals surface area contributed by atoms with Gasteiger partial charge in [-0.25, -0.2) is 0 Å². The monoisotopic (exact) mass is 387 g/mol. The van der Waals surface area contributed by atoms with Gasteiger partial charge in [-0.05, 0) is 28.8 Å². The Labute approximate surface area is 168 Å². The average molecular weight is 388 g/mol. The Hall–Kier alpha value is -2.91. The predicted octanol–water partition coefficient (Wildman–Crippen LogP) is 4.44. The summed E-state index contributed by atoms with van der Waals surface area (Å²) in [5.74, 6) is -0.877. The smallest absolute Gasteiger partial charge is 0.234 e. The highest BCUT2D eigenvalue weighted by atomic mass is 35.5. The molecule has 0 aromatic heterocycles. The molecule has 1 aliphatic carbocycles. The third kappa shape index (κ3) is 2.36. The fourth-order valence-corrected chi connectivity index (χ4v) is 5.01. The molecule has 2 unspecified atom stereocenters. The number of halogens is 1. The fourth-order valence-electron chi connectivity index (χ4n) is 4.79. The molecule has 0 bridgehead atoms. The number of rotatable bonds is 4. The fraction of sp³-hybridized carbons (Fsp3) is 0.167. The van der Waals surface area contributed by atoms with Crippen molar-refractivity contribution in [3.63, 3.8) is 0 Å². The van der Waals surface area contributed by atoms with Crippen LogP contribution in [0.3, 0.4) is 0 Å². The zero-order chi connectivity index (χ0) is 19.3. The third-order valence-electron chi connectivity index (χ3n) is 6.00. The van der Waals surface area contributed by atoms with Crippen molar-refractivity contribution in [1.82, 2.24) is 4.90 Å². The highest BCUT2D eigenvalue weighted by Gasteiger charge is 2.78. The molecule has 3 aromatic rings. The van der Waals surface area contributed by atoms with Crippen LogP contribution in [0.4, 0.5) is 0 Å². The number of carbonyl (C=O) groups is 2. The average Bonchev–Trinajstić information content (AvgIpc) is 3.37. The van der Waals surface area contributed by atoms with Gasteiger partial charge in [0.15, 0.2) is 0 Å². The van der Waals surface area contributed by atoms with Crippen LogP contribution in [-0.2, 0) is 21.5 Å². The van der Waals surface area contributed by atoms with Crippen molar-refractivity contribution in [2.75, 3.05) is 0 Å². The van der Waals surface area contributed by atoms with E-state index >= 15 is 0 Å². The van der Waals surface area contributed by atoms with Gasteiger partial charge in [-0.3, -0.25) is 14.5 Å². The van der Waals surface area contributed by atoms with Crippen LogP contribution < -0.4 is 0 Å². The summed E-state index contributed by atoms with van der Waals surface area (Å²) >= 11 is 6.06. The topological polar surface area (TPSA) is 37.4 Å². The summed E-state index contributed by atoms with van der Waals surface area (Å²) in [7, 11) is 0. The molecule has 4 heteroatoms. The Morgan fingerprint density at radius 2 is 1.29 bits per heavy atom. The quantitative estimate of drug-likeness (QED) is 0.620. The molecular formula is C24H18ClNO2. The first-order valence-electron chi connectivity index (χ1n) is 9.34. The Kier molecular flexibility index (Phi) is 3.88. The Morgan fingerprint density at radius 3 is 1.79 bits per heavy atom. The van der Waals surface area contributed by atoms with E-state index in [2.05, 4.69) is 0 Å². The molecule has 28 heavy (non-hydrogen) atoms. The molecule has 1 saturated heterocycles. The maximum Gasteiger partial charge on any atom is 0.234 e. The Morgan fingerprint density at radius 1 is 0.750 bits per heavy atom. The second-order valence-corrected chi connectivity index (χ2v) is 7.89. The van der Waals surface area contributed by atoms with Crippen LogP contribution >= 0.6 is 11.6 Å². The molecule has 2 atom stereocenters. The van der Waals surface area contributed by atoms with E-state index < -0.39 is 5.41 Å². The maximum atomic E-state index is 13.3. The molecule has 2 fully saturated rings. The Balaban J connectivity index is 1.53. The molecule has 1 aliphatic heterocycles. The molecule has 0 radical (unpaired) electrons. The van der Waals surface area contributed by atoms with Gasteiger partial charge in [0.25, 0.3) is 0 Å². The van der Waals surface area contributed by atoms with E-state index in [4.69, 9.17) is 11.6 Å². The van der Waals surface area contributed by atoms with E-state index in [0.29, 0.717) is 5.02 Å². The van der Waals surface area contributed by atoms with Crippen LogP contribution in [0.5, 0.6) is 0 Å². The van der Waals surface area contributed by atoms with Crippen LogP contribution in [0.1, 0.15) is 16.7 Å². The second-order valence-electron chi connectivity index (χ2n) is 7.45. The summed E-state index contributed by atoms with van der Waals surface area (Å²) in [6, 6.07) is 27.2. The predicted molar refractivity (Wildman–Crippen MR) is 108 cm³/mol. The standard InChI is InChI=1S/C24H18ClNO2/c25-19-13-7-8-16(14-19)15-26-22(27)20-21(23(26)28)24(20,17-9-3-1-4-10-17)18-11-5-2-6-12-18/h1-14,20-21H,15H2. The minimum absolute atomic E-state index is 0.0947. The van der Waals surface area contributed by atoms with Gasteiger partial charge in [0.2, 0.25) is 11.8 Å². The van der Waals surface area contributed by atoms with Crippen molar-refractivity contribution in [3.8, 4) is 0 Å². The molecule has 5 rings (SSSR count). The van der Waals surface area contributed by atoms with Gasteiger partial charge < -0.3 is 0 Å². The van der Waals surface area contributed by atoms with Crippen LogP contribution in [0.2, 0.25) is 5.02 Å². The molecule has 2 amide bonds. The number of benzene rings is 3. The minimum Gasteiger partial charge on any atom is -0.278 e. The molecule has 0 N–H and O–H groups in total. The SMILES string of the molecule is O=C1C2C(C(=O)N1Cc1cccc(Cl)c1)C2(c1ccccc1)c1ccccc1. The van der Waals surface area contributed by atoms with Gasteiger partial charge in [-0.15, -0.1) is 0 Å². The maximum absolute atomic E-state index is 13.3. The van der Waals surface area contributed by atoms with Crippen LogP contribution in [0, 0.1) is 11.8 Å². The number of nitrogens with zero attached hydrogens (tertiary/aromatic N) is 1. The van der Waals surface area contributed by atoms with Crippen molar-refractivity contribution >= 4 is 23.4 Å². The van der Waals surface area contributed by atoms with Crippen LogP contribution in [0.25, 0.3) is 0 Å². The van der Waals surface area contributed by atoms with Gasteiger partial charge in [-0.1, -0.05) is 84.4 Å². The summed E-state index contributed by atoms with van der Waals surface area (Å²) < 4.78 is 0. The van der Waals surface area contributed by atoms with E-state index in [0.717, 1.165) is 16.7 Å². The zero-order valence-electron chi connectivity index (χ0n) is 15.1. The van der Waals surface area contributed by atoms with Gasteiger partial charge >= 0.3 is 0 Å². The van der Waals surface area contributed by atoms with E-state index in [1.165, 1.54) is 4.90 Å². The summed E-state index contributed by atoms with van der Waals surface area (Å²) in [4.78, 5) is 28.0. The number of amides is 2. The first kappa shape index (κ1) is 17.2. The van der Waals surface area contributed by atoms with E-state index in [9.17, 15) is 9.59 Å². The number of hydrogen-bond donors (Lipinski definition) is 0. The third-order valence-corrected chi connectivity index (χ3v) is 6.24. The molecule has 1 saturated carbocycles. The zero-order valence-corrected chi connectivity index (χ0v) is 15.8. The van der Waals surface area contributed by atoms with Gasteiger partial charge in [0.05, 0.1) is 18.4 Å².